The molecule has 0 atom stereocenters. The average molecular weight is 244 g/mol. The Balaban J connectivity index is 2.31. The summed E-state index contributed by atoms with van der Waals surface area (Å²) in [6.45, 7) is 5.23. The van der Waals surface area contributed by atoms with Crippen LogP contribution in [0.25, 0.3) is 0 Å². The first-order valence-corrected chi connectivity index (χ1v) is 6.85. The van der Waals surface area contributed by atoms with Crippen molar-refractivity contribution in [3.8, 4) is 0 Å². The molecule has 84 valence electrons. The number of halogens is 1. The highest BCUT2D eigenvalue weighted by Crippen LogP contribution is 2.22. The summed E-state index contributed by atoms with van der Waals surface area (Å²) in [5.41, 5.74) is 2.25. The third kappa shape index (κ3) is 4.80. The van der Waals surface area contributed by atoms with E-state index in [1.54, 1.807) is 0 Å². The number of thioether (sulfide) groups is 1. The van der Waals surface area contributed by atoms with E-state index in [1.165, 1.54) is 23.5 Å². The number of nitrogens with one attached hydrogen (secondary N) is 1. The molecule has 0 spiro atoms. The minimum absolute atomic E-state index is 0.818. The van der Waals surface area contributed by atoms with Gasteiger partial charge in [0.05, 0.1) is 10.7 Å². The topological polar surface area (TPSA) is 12.0 Å². The number of anilines is 1. The van der Waals surface area contributed by atoms with Crippen molar-refractivity contribution in [3.05, 3.63) is 28.8 Å². The molecule has 0 saturated heterocycles. The maximum atomic E-state index is 6.10. The highest BCUT2D eigenvalue weighted by Gasteiger charge is 1.98. The number of hydrogen-bond donors (Lipinski definition) is 1. The zero-order valence-corrected chi connectivity index (χ0v) is 10.9. The van der Waals surface area contributed by atoms with Gasteiger partial charge in [0.2, 0.25) is 0 Å². The second-order valence-electron chi connectivity index (χ2n) is 3.46. The molecule has 0 aromatic heterocycles. The zero-order valence-electron chi connectivity index (χ0n) is 9.35. The monoisotopic (exact) mass is 243 g/mol. The van der Waals surface area contributed by atoms with Crippen LogP contribution in [0.3, 0.4) is 0 Å². The molecule has 1 rings (SSSR count). The van der Waals surface area contributed by atoms with E-state index >= 15 is 0 Å². The van der Waals surface area contributed by atoms with E-state index < -0.39 is 0 Å². The zero-order chi connectivity index (χ0) is 11.1. The molecule has 0 aliphatic rings. The van der Waals surface area contributed by atoms with E-state index in [0.29, 0.717) is 0 Å². The van der Waals surface area contributed by atoms with Gasteiger partial charge in [-0.25, -0.2) is 0 Å². The molecule has 0 aliphatic carbocycles. The van der Waals surface area contributed by atoms with Gasteiger partial charge in [0.25, 0.3) is 0 Å². The number of benzene rings is 1. The fourth-order valence-corrected chi connectivity index (χ4v) is 2.24. The Morgan fingerprint density at radius 3 is 2.87 bits per heavy atom. The van der Waals surface area contributed by atoms with Gasteiger partial charge in [0.15, 0.2) is 0 Å². The third-order valence-corrected chi connectivity index (χ3v) is 3.41. The molecule has 0 unspecified atom stereocenters. The lowest BCUT2D eigenvalue weighted by Gasteiger charge is -2.08. The molecule has 0 amide bonds. The number of aryl methyl sites for hydroxylation is 1. The molecule has 1 aromatic rings. The van der Waals surface area contributed by atoms with Crippen molar-refractivity contribution in [2.45, 2.75) is 20.3 Å². The Hall–Kier alpha value is -0.340. The van der Waals surface area contributed by atoms with Gasteiger partial charge in [0.1, 0.15) is 0 Å². The van der Waals surface area contributed by atoms with E-state index in [9.17, 15) is 0 Å². The summed E-state index contributed by atoms with van der Waals surface area (Å²) in [5, 5.41) is 4.17. The molecule has 0 fully saturated rings. The van der Waals surface area contributed by atoms with E-state index in [2.05, 4.69) is 18.3 Å². The lowest BCUT2D eigenvalue weighted by atomic mass is 10.2. The summed E-state index contributed by atoms with van der Waals surface area (Å²) >= 11 is 8.08. The third-order valence-electron chi connectivity index (χ3n) is 2.11. The molecule has 3 heteroatoms. The highest BCUT2D eigenvalue weighted by atomic mass is 35.5. The Kier molecular flexibility index (Phi) is 5.96. The quantitative estimate of drug-likeness (QED) is 0.752. The van der Waals surface area contributed by atoms with Crippen molar-refractivity contribution < 1.29 is 0 Å². The van der Waals surface area contributed by atoms with Gasteiger partial charge >= 0.3 is 0 Å². The van der Waals surface area contributed by atoms with Crippen LogP contribution in [0.4, 0.5) is 5.69 Å². The largest absolute Gasteiger partial charge is 0.384 e. The summed E-state index contributed by atoms with van der Waals surface area (Å²) in [7, 11) is 0. The van der Waals surface area contributed by atoms with Crippen molar-refractivity contribution in [2.75, 3.05) is 23.4 Å². The van der Waals surface area contributed by atoms with Crippen molar-refractivity contribution in [2.24, 2.45) is 0 Å². The van der Waals surface area contributed by atoms with Gasteiger partial charge in [-0.3, -0.25) is 0 Å². The molecule has 0 heterocycles. The van der Waals surface area contributed by atoms with Crippen molar-refractivity contribution in [1.29, 1.82) is 0 Å². The lowest BCUT2D eigenvalue weighted by molar-refractivity contribution is 0.992. The van der Waals surface area contributed by atoms with Crippen LogP contribution >= 0.6 is 23.4 Å². The van der Waals surface area contributed by atoms with Crippen molar-refractivity contribution >= 4 is 29.1 Å². The lowest BCUT2D eigenvalue weighted by Crippen LogP contribution is -2.03. The molecule has 0 aliphatic heterocycles. The second-order valence-corrected chi connectivity index (χ2v) is 5.26. The van der Waals surface area contributed by atoms with Gasteiger partial charge in [0, 0.05) is 6.54 Å². The van der Waals surface area contributed by atoms with Crippen LogP contribution < -0.4 is 5.32 Å². The van der Waals surface area contributed by atoms with Crippen LogP contribution in [0, 0.1) is 6.92 Å². The molecular weight excluding hydrogens is 226 g/mol. The van der Waals surface area contributed by atoms with Crippen LogP contribution in [-0.2, 0) is 0 Å². The van der Waals surface area contributed by atoms with Gasteiger partial charge in [-0.05, 0) is 42.5 Å². The summed E-state index contributed by atoms with van der Waals surface area (Å²) < 4.78 is 0. The van der Waals surface area contributed by atoms with Crippen LogP contribution in [0.15, 0.2) is 18.2 Å². The summed E-state index contributed by atoms with van der Waals surface area (Å²) in [4.78, 5) is 0. The molecule has 1 N–H and O–H groups in total. The molecule has 1 nitrogen and oxygen atoms in total. The predicted molar refractivity (Wildman–Crippen MR) is 72.3 cm³/mol. The van der Waals surface area contributed by atoms with Crippen LogP contribution in [0.2, 0.25) is 5.02 Å². The van der Waals surface area contributed by atoms with Crippen molar-refractivity contribution in [3.63, 3.8) is 0 Å². The smallest absolute Gasteiger partial charge is 0.0640 e. The molecule has 1 aromatic carbocycles. The fraction of sp³-hybridized carbons (Fsp3) is 0.500. The van der Waals surface area contributed by atoms with E-state index in [-0.39, 0.29) is 0 Å². The summed E-state index contributed by atoms with van der Waals surface area (Å²) in [5.74, 6) is 2.41. The minimum Gasteiger partial charge on any atom is -0.384 e. The second kappa shape index (κ2) is 7.02. The fourth-order valence-electron chi connectivity index (χ4n) is 1.31. The number of hydrogen-bond acceptors (Lipinski definition) is 2. The van der Waals surface area contributed by atoms with Gasteiger partial charge in [-0.1, -0.05) is 24.6 Å². The SMILES string of the molecule is CCSCCCNc1ccc(C)cc1Cl. The first kappa shape index (κ1) is 12.7. The van der Waals surface area contributed by atoms with E-state index in [0.717, 1.165) is 17.3 Å². The van der Waals surface area contributed by atoms with Crippen molar-refractivity contribution in [1.82, 2.24) is 0 Å². The van der Waals surface area contributed by atoms with Gasteiger partial charge in [-0.15, -0.1) is 0 Å². The number of rotatable bonds is 6. The first-order chi connectivity index (χ1) is 7.24. The molecule has 0 bridgehead atoms. The van der Waals surface area contributed by atoms with Crippen LogP contribution in [-0.4, -0.2) is 18.1 Å². The van der Waals surface area contributed by atoms with E-state index in [4.69, 9.17) is 11.6 Å². The maximum absolute atomic E-state index is 6.10. The molecule has 0 radical (unpaired) electrons. The summed E-state index contributed by atoms with van der Waals surface area (Å²) in [6, 6.07) is 6.12. The predicted octanol–water partition coefficient (Wildman–Crippen LogP) is 4.20. The molecular formula is C12H18ClNS. The Labute approximate surface area is 102 Å². The Morgan fingerprint density at radius 2 is 2.20 bits per heavy atom. The maximum Gasteiger partial charge on any atom is 0.0640 e. The first-order valence-electron chi connectivity index (χ1n) is 5.32. The highest BCUT2D eigenvalue weighted by molar-refractivity contribution is 7.99. The molecule has 15 heavy (non-hydrogen) atoms. The van der Waals surface area contributed by atoms with Crippen LogP contribution in [0.1, 0.15) is 18.9 Å². The average Bonchev–Trinajstić information content (AvgIpc) is 2.20. The minimum atomic E-state index is 0.818. The Morgan fingerprint density at radius 1 is 1.40 bits per heavy atom. The van der Waals surface area contributed by atoms with Gasteiger partial charge in [-0.2, -0.15) is 11.8 Å². The van der Waals surface area contributed by atoms with E-state index in [1.807, 2.05) is 30.8 Å². The normalized spacial score (nSPS) is 10.3. The summed E-state index contributed by atoms with van der Waals surface area (Å²) in [6.07, 6.45) is 1.18. The standard InChI is InChI=1S/C12H18ClNS/c1-3-15-8-4-7-14-12-6-5-10(2)9-11(12)13/h5-6,9,14H,3-4,7-8H2,1-2H3. The van der Waals surface area contributed by atoms with Crippen LogP contribution in [0.5, 0.6) is 0 Å². The van der Waals surface area contributed by atoms with Gasteiger partial charge < -0.3 is 5.32 Å². The molecule has 0 saturated carbocycles. The Bertz CT molecular complexity index is 302.